The smallest absolute Gasteiger partial charge is 0.226 e. The van der Waals surface area contributed by atoms with Gasteiger partial charge in [0.15, 0.2) is 5.58 Å². The first-order valence-corrected chi connectivity index (χ1v) is 8.55. The molecular formula is C18H25N3O3. The van der Waals surface area contributed by atoms with E-state index in [1.54, 1.807) is 0 Å². The van der Waals surface area contributed by atoms with E-state index in [0.717, 1.165) is 38.1 Å². The zero-order chi connectivity index (χ0) is 17.0. The number of carbonyl (C=O) groups excluding carboxylic acids is 1. The number of nitrogens with one attached hydrogen (secondary N) is 1. The number of para-hydroxylation sites is 1. The van der Waals surface area contributed by atoms with Crippen molar-refractivity contribution in [3.05, 3.63) is 30.0 Å². The van der Waals surface area contributed by atoms with Crippen LogP contribution in [0, 0.1) is 0 Å². The van der Waals surface area contributed by atoms with E-state index in [1.807, 2.05) is 24.3 Å². The van der Waals surface area contributed by atoms with Crippen LogP contribution in [0.5, 0.6) is 0 Å². The molecule has 2 aromatic rings. The number of hydrogen-bond donors (Lipinski definition) is 1. The van der Waals surface area contributed by atoms with E-state index in [0.29, 0.717) is 17.8 Å². The third-order valence-electron chi connectivity index (χ3n) is 4.98. The Morgan fingerprint density at radius 1 is 1.33 bits per heavy atom. The van der Waals surface area contributed by atoms with Gasteiger partial charge in [0.05, 0.1) is 19.6 Å². The fourth-order valence-electron chi connectivity index (χ4n) is 3.13. The number of nitrogens with zero attached hydrogens (tertiary/aromatic N) is 2. The van der Waals surface area contributed by atoms with Gasteiger partial charge in [-0.2, -0.15) is 0 Å². The zero-order valence-electron chi connectivity index (χ0n) is 14.4. The molecule has 1 aliphatic heterocycles. The second-order valence-corrected chi connectivity index (χ2v) is 6.53. The van der Waals surface area contributed by atoms with Gasteiger partial charge in [-0.1, -0.05) is 24.2 Å². The average Bonchev–Trinajstić information content (AvgIpc) is 3.03. The van der Waals surface area contributed by atoms with Crippen LogP contribution in [0.1, 0.15) is 26.0 Å². The van der Waals surface area contributed by atoms with Gasteiger partial charge in [-0.25, -0.2) is 0 Å². The number of fused-ring (bicyclic) bond motifs is 1. The van der Waals surface area contributed by atoms with Gasteiger partial charge in [0, 0.05) is 30.6 Å². The molecule has 0 radical (unpaired) electrons. The lowest BCUT2D eigenvalue weighted by molar-refractivity contribution is -0.121. The standard InChI is InChI=1S/C18H25N3O3/c1-3-18(2,21-8-10-23-11-9-21)13-19-17(22)12-15-14-6-4-5-7-16(14)24-20-15/h4-7H,3,8-13H2,1-2H3,(H,19,22)/t18-/m1/s1. The van der Waals surface area contributed by atoms with Gasteiger partial charge in [-0.15, -0.1) is 0 Å². The van der Waals surface area contributed by atoms with Crippen LogP contribution in [0.3, 0.4) is 0 Å². The number of hydrogen-bond acceptors (Lipinski definition) is 5. The summed E-state index contributed by atoms with van der Waals surface area (Å²) in [5.74, 6) is -0.0259. The molecule has 1 atom stereocenters. The van der Waals surface area contributed by atoms with Crippen LogP contribution in [0.4, 0.5) is 0 Å². The molecule has 1 aromatic heterocycles. The fraction of sp³-hybridized carbons (Fsp3) is 0.556. The van der Waals surface area contributed by atoms with Crippen LogP contribution >= 0.6 is 0 Å². The number of benzene rings is 1. The molecule has 0 saturated carbocycles. The monoisotopic (exact) mass is 331 g/mol. The minimum atomic E-state index is -0.0503. The van der Waals surface area contributed by atoms with Gasteiger partial charge in [0.25, 0.3) is 0 Å². The normalized spacial score (nSPS) is 18.4. The molecule has 6 heteroatoms. The maximum absolute atomic E-state index is 12.4. The van der Waals surface area contributed by atoms with Gasteiger partial charge < -0.3 is 14.6 Å². The molecule has 0 unspecified atom stereocenters. The topological polar surface area (TPSA) is 67.6 Å². The number of rotatable bonds is 6. The maximum Gasteiger partial charge on any atom is 0.226 e. The quantitative estimate of drug-likeness (QED) is 0.877. The van der Waals surface area contributed by atoms with Crippen molar-refractivity contribution in [2.24, 2.45) is 0 Å². The molecule has 1 saturated heterocycles. The molecule has 0 aliphatic carbocycles. The van der Waals surface area contributed by atoms with Crippen molar-refractivity contribution < 1.29 is 14.1 Å². The number of morpholine rings is 1. The Labute approximate surface area is 142 Å². The van der Waals surface area contributed by atoms with Gasteiger partial charge in [-0.05, 0) is 25.5 Å². The van der Waals surface area contributed by atoms with E-state index in [1.165, 1.54) is 0 Å². The number of amides is 1. The van der Waals surface area contributed by atoms with Crippen molar-refractivity contribution in [2.45, 2.75) is 32.2 Å². The lowest BCUT2D eigenvalue weighted by Gasteiger charge is -2.43. The Bertz CT molecular complexity index is 694. The molecule has 3 rings (SSSR count). The van der Waals surface area contributed by atoms with Crippen molar-refractivity contribution in [3.63, 3.8) is 0 Å². The Balaban J connectivity index is 1.60. The average molecular weight is 331 g/mol. The summed E-state index contributed by atoms with van der Waals surface area (Å²) in [5.41, 5.74) is 1.35. The first-order valence-electron chi connectivity index (χ1n) is 8.55. The SMILES string of the molecule is CC[C@](C)(CNC(=O)Cc1noc2ccccc12)N1CCOCC1. The van der Waals surface area contributed by atoms with Gasteiger partial charge in [-0.3, -0.25) is 9.69 Å². The summed E-state index contributed by atoms with van der Waals surface area (Å²) in [6, 6.07) is 7.61. The van der Waals surface area contributed by atoms with E-state index in [4.69, 9.17) is 9.26 Å². The highest BCUT2D eigenvalue weighted by Crippen LogP contribution is 2.21. The van der Waals surface area contributed by atoms with Crippen LogP contribution in [0.25, 0.3) is 11.0 Å². The molecule has 1 N–H and O–H groups in total. The number of ether oxygens (including phenoxy) is 1. The molecule has 1 amide bonds. The molecule has 130 valence electrons. The Hall–Kier alpha value is -1.92. The van der Waals surface area contributed by atoms with Gasteiger partial charge in [0.2, 0.25) is 5.91 Å². The van der Waals surface area contributed by atoms with Crippen LogP contribution in [0.2, 0.25) is 0 Å². The molecular weight excluding hydrogens is 306 g/mol. The molecule has 0 spiro atoms. The maximum atomic E-state index is 12.4. The number of carbonyl (C=O) groups is 1. The van der Waals surface area contributed by atoms with Crippen LogP contribution < -0.4 is 5.32 Å². The minimum Gasteiger partial charge on any atom is -0.379 e. The summed E-state index contributed by atoms with van der Waals surface area (Å²) in [7, 11) is 0. The van der Waals surface area contributed by atoms with Crippen molar-refractivity contribution in [2.75, 3.05) is 32.8 Å². The highest BCUT2D eigenvalue weighted by molar-refractivity contribution is 5.86. The van der Waals surface area contributed by atoms with E-state index in [2.05, 4.69) is 29.2 Å². The highest BCUT2D eigenvalue weighted by atomic mass is 16.5. The van der Waals surface area contributed by atoms with Crippen LogP contribution in [-0.2, 0) is 16.0 Å². The van der Waals surface area contributed by atoms with E-state index < -0.39 is 0 Å². The summed E-state index contributed by atoms with van der Waals surface area (Å²) in [6.45, 7) is 8.32. The van der Waals surface area contributed by atoms with E-state index >= 15 is 0 Å². The minimum absolute atomic E-state index is 0.0259. The molecule has 1 fully saturated rings. The fourth-order valence-corrected chi connectivity index (χ4v) is 3.13. The first kappa shape index (κ1) is 16.9. The van der Waals surface area contributed by atoms with Gasteiger partial charge >= 0.3 is 0 Å². The van der Waals surface area contributed by atoms with Crippen molar-refractivity contribution in [1.82, 2.24) is 15.4 Å². The van der Waals surface area contributed by atoms with Crippen molar-refractivity contribution >= 4 is 16.9 Å². The first-order chi connectivity index (χ1) is 11.6. The van der Waals surface area contributed by atoms with E-state index in [-0.39, 0.29) is 17.9 Å². The van der Waals surface area contributed by atoms with Crippen molar-refractivity contribution in [1.29, 1.82) is 0 Å². The third kappa shape index (κ3) is 3.60. The summed E-state index contributed by atoms with van der Waals surface area (Å²) in [5, 5.41) is 8.00. The lowest BCUT2D eigenvalue weighted by Crippen LogP contribution is -2.57. The Morgan fingerprint density at radius 2 is 2.08 bits per heavy atom. The summed E-state index contributed by atoms with van der Waals surface area (Å²) in [4.78, 5) is 14.8. The second kappa shape index (κ2) is 7.32. The third-order valence-corrected chi connectivity index (χ3v) is 4.98. The molecule has 6 nitrogen and oxygen atoms in total. The molecule has 0 bridgehead atoms. The summed E-state index contributed by atoms with van der Waals surface area (Å²) >= 11 is 0. The summed E-state index contributed by atoms with van der Waals surface area (Å²) < 4.78 is 10.7. The summed E-state index contributed by atoms with van der Waals surface area (Å²) in [6.07, 6.45) is 1.21. The molecule has 1 aliphatic rings. The molecule has 1 aromatic carbocycles. The largest absolute Gasteiger partial charge is 0.379 e. The van der Waals surface area contributed by atoms with Gasteiger partial charge in [0.1, 0.15) is 5.69 Å². The highest BCUT2D eigenvalue weighted by Gasteiger charge is 2.31. The van der Waals surface area contributed by atoms with Crippen LogP contribution in [-0.4, -0.2) is 54.4 Å². The Morgan fingerprint density at radius 3 is 2.83 bits per heavy atom. The molecule has 2 heterocycles. The zero-order valence-corrected chi connectivity index (χ0v) is 14.4. The van der Waals surface area contributed by atoms with Crippen LogP contribution in [0.15, 0.2) is 28.8 Å². The molecule has 24 heavy (non-hydrogen) atoms. The second-order valence-electron chi connectivity index (χ2n) is 6.53. The Kier molecular flexibility index (Phi) is 5.16. The lowest BCUT2D eigenvalue weighted by atomic mass is 9.95. The number of aromatic nitrogens is 1. The van der Waals surface area contributed by atoms with E-state index in [9.17, 15) is 4.79 Å². The van der Waals surface area contributed by atoms with Crippen molar-refractivity contribution in [3.8, 4) is 0 Å². The predicted octanol–water partition coefficient (Wildman–Crippen LogP) is 1.99. The predicted molar refractivity (Wildman–Crippen MR) is 91.8 cm³/mol.